The molecule has 0 spiro atoms. The summed E-state index contributed by atoms with van der Waals surface area (Å²) in [6.07, 6.45) is 0.748. The van der Waals surface area contributed by atoms with Gasteiger partial charge in [0.25, 0.3) is 0 Å². The number of aromatic nitrogens is 3. The van der Waals surface area contributed by atoms with Crippen molar-refractivity contribution < 1.29 is 9.59 Å². The molecule has 0 fully saturated rings. The van der Waals surface area contributed by atoms with Crippen LogP contribution >= 0.6 is 11.8 Å². The van der Waals surface area contributed by atoms with Crippen LogP contribution in [-0.4, -0.2) is 32.9 Å². The van der Waals surface area contributed by atoms with E-state index in [-0.39, 0.29) is 5.75 Å². The number of carbonyl (C=O) groups is 2. The maximum atomic E-state index is 11.8. The number of aromatic amines is 1. The highest BCUT2D eigenvalue weighted by Gasteiger charge is 2.11. The van der Waals surface area contributed by atoms with E-state index in [4.69, 9.17) is 0 Å². The van der Waals surface area contributed by atoms with Crippen LogP contribution in [-0.2, 0) is 11.2 Å². The van der Waals surface area contributed by atoms with Gasteiger partial charge in [-0.2, -0.15) is 0 Å². The van der Waals surface area contributed by atoms with Crippen LogP contribution in [0.25, 0.3) is 0 Å². The van der Waals surface area contributed by atoms with Crippen molar-refractivity contribution >= 4 is 29.4 Å². The normalized spacial score (nSPS) is 10.4. The van der Waals surface area contributed by atoms with Crippen LogP contribution in [0.4, 0.5) is 10.5 Å². The molecule has 0 aliphatic heterocycles. The Hall–Kier alpha value is -2.35. The summed E-state index contributed by atoms with van der Waals surface area (Å²) < 4.78 is 0. The highest BCUT2D eigenvalue weighted by Crippen LogP contribution is 2.16. The molecular formula is C15H19N5O2S. The lowest BCUT2D eigenvalue weighted by Gasteiger charge is -2.09. The standard InChI is InChI=1S/C15H19N5O2S/c1-4-12-17-15(20-19-12)23-8-13(21)18-14(22)16-11-6-5-9(2)7-10(11)3/h5-7H,4,8H2,1-3H3,(H,17,19,20)(H2,16,18,21,22). The number of nitrogens with zero attached hydrogens (tertiary/aromatic N) is 2. The fourth-order valence-corrected chi connectivity index (χ4v) is 2.52. The minimum atomic E-state index is -0.549. The molecule has 2 aromatic rings. The third-order valence-electron chi connectivity index (χ3n) is 3.06. The van der Waals surface area contributed by atoms with Gasteiger partial charge < -0.3 is 5.32 Å². The molecule has 3 N–H and O–H groups in total. The number of imide groups is 1. The molecule has 0 radical (unpaired) electrons. The van der Waals surface area contributed by atoms with Crippen molar-refractivity contribution in [3.8, 4) is 0 Å². The molecule has 23 heavy (non-hydrogen) atoms. The maximum Gasteiger partial charge on any atom is 0.325 e. The predicted octanol–water partition coefficient (Wildman–Crippen LogP) is 2.42. The Balaban J connectivity index is 1.81. The predicted molar refractivity (Wildman–Crippen MR) is 89.6 cm³/mol. The molecule has 7 nitrogen and oxygen atoms in total. The molecule has 1 aromatic carbocycles. The van der Waals surface area contributed by atoms with E-state index < -0.39 is 11.9 Å². The van der Waals surface area contributed by atoms with Gasteiger partial charge in [0, 0.05) is 12.1 Å². The lowest BCUT2D eigenvalue weighted by atomic mass is 10.1. The smallest absolute Gasteiger partial charge is 0.307 e. The molecule has 1 heterocycles. The molecule has 0 unspecified atom stereocenters. The van der Waals surface area contributed by atoms with Gasteiger partial charge in [-0.05, 0) is 25.5 Å². The van der Waals surface area contributed by atoms with Crippen molar-refractivity contribution in [2.45, 2.75) is 32.3 Å². The van der Waals surface area contributed by atoms with Crippen molar-refractivity contribution in [3.05, 3.63) is 35.2 Å². The number of thioether (sulfide) groups is 1. The highest BCUT2D eigenvalue weighted by molar-refractivity contribution is 7.99. The van der Waals surface area contributed by atoms with Crippen LogP contribution in [0, 0.1) is 13.8 Å². The minimum absolute atomic E-state index is 0.0707. The number of anilines is 1. The minimum Gasteiger partial charge on any atom is -0.307 e. The van der Waals surface area contributed by atoms with Gasteiger partial charge in [0.15, 0.2) is 0 Å². The van der Waals surface area contributed by atoms with Crippen LogP contribution in [0.5, 0.6) is 0 Å². The number of urea groups is 1. The summed E-state index contributed by atoms with van der Waals surface area (Å²) in [5.74, 6) is 0.432. The number of hydrogen-bond donors (Lipinski definition) is 3. The van der Waals surface area contributed by atoms with Gasteiger partial charge in [-0.3, -0.25) is 15.2 Å². The molecule has 1 aromatic heterocycles. The monoisotopic (exact) mass is 333 g/mol. The lowest BCUT2D eigenvalue weighted by Crippen LogP contribution is -2.35. The van der Waals surface area contributed by atoms with E-state index in [9.17, 15) is 9.59 Å². The van der Waals surface area contributed by atoms with Crippen molar-refractivity contribution in [2.75, 3.05) is 11.1 Å². The number of carbonyl (C=O) groups excluding carboxylic acids is 2. The number of amides is 3. The number of nitrogens with one attached hydrogen (secondary N) is 3. The first-order valence-electron chi connectivity index (χ1n) is 7.20. The lowest BCUT2D eigenvalue weighted by molar-refractivity contribution is -0.117. The quantitative estimate of drug-likeness (QED) is 0.730. The molecule has 0 aliphatic carbocycles. The van der Waals surface area contributed by atoms with Gasteiger partial charge in [-0.25, -0.2) is 9.78 Å². The van der Waals surface area contributed by atoms with Crippen LogP contribution < -0.4 is 10.6 Å². The van der Waals surface area contributed by atoms with Gasteiger partial charge in [-0.1, -0.05) is 36.4 Å². The van der Waals surface area contributed by atoms with E-state index in [1.54, 1.807) is 0 Å². The SMILES string of the molecule is CCc1nc(SCC(=O)NC(=O)Nc2ccc(C)cc2C)n[nH]1. The first kappa shape index (κ1) is 17.0. The first-order valence-corrected chi connectivity index (χ1v) is 8.18. The molecule has 0 bridgehead atoms. The molecule has 3 amide bonds. The Bertz CT molecular complexity index is 714. The van der Waals surface area contributed by atoms with E-state index in [0.29, 0.717) is 10.8 Å². The largest absolute Gasteiger partial charge is 0.325 e. The Kier molecular flexibility index (Phi) is 5.75. The molecule has 0 saturated carbocycles. The van der Waals surface area contributed by atoms with E-state index in [2.05, 4.69) is 25.8 Å². The average Bonchev–Trinajstić information content (AvgIpc) is 2.96. The van der Waals surface area contributed by atoms with Gasteiger partial charge in [0.1, 0.15) is 5.82 Å². The fourth-order valence-electron chi connectivity index (χ4n) is 1.90. The van der Waals surface area contributed by atoms with Crippen LogP contribution in [0.3, 0.4) is 0 Å². The molecule has 0 saturated heterocycles. The zero-order valence-electron chi connectivity index (χ0n) is 13.3. The third-order valence-corrected chi connectivity index (χ3v) is 3.91. The molecule has 2 rings (SSSR count). The number of H-pyrrole nitrogens is 1. The topological polar surface area (TPSA) is 99.8 Å². The molecule has 122 valence electrons. The zero-order valence-corrected chi connectivity index (χ0v) is 14.1. The van der Waals surface area contributed by atoms with E-state index >= 15 is 0 Å². The van der Waals surface area contributed by atoms with E-state index in [1.165, 1.54) is 11.8 Å². The summed E-state index contributed by atoms with van der Waals surface area (Å²) in [6, 6.07) is 5.12. The van der Waals surface area contributed by atoms with Gasteiger partial charge in [0.2, 0.25) is 11.1 Å². The van der Waals surface area contributed by atoms with Crippen LogP contribution in [0.1, 0.15) is 23.9 Å². The molecule has 0 aliphatic rings. The second-order valence-corrected chi connectivity index (χ2v) is 5.97. The highest BCUT2D eigenvalue weighted by atomic mass is 32.2. The second-order valence-electron chi connectivity index (χ2n) is 5.03. The molecular weight excluding hydrogens is 314 g/mol. The van der Waals surface area contributed by atoms with Crippen molar-refractivity contribution in [2.24, 2.45) is 0 Å². The van der Waals surface area contributed by atoms with Gasteiger partial charge >= 0.3 is 6.03 Å². The number of rotatable bonds is 5. The van der Waals surface area contributed by atoms with Gasteiger partial charge in [-0.15, -0.1) is 5.10 Å². The summed E-state index contributed by atoms with van der Waals surface area (Å²) in [6.45, 7) is 5.83. The maximum absolute atomic E-state index is 11.8. The third kappa shape index (κ3) is 5.10. The molecule has 8 heteroatoms. The first-order chi connectivity index (χ1) is 11.0. The summed E-state index contributed by atoms with van der Waals surface area (Å²) >= 11 is 1.17. The second kappa shape index (κ2) is 7.77. The summed E-state index contributed by atoms with van der Waals surface area (Å²) in [5.41, 5.74) is 2.73. The van der Waals surface area contributed by atoms with Gasteiger partial charge in [0.05, 0.1) is 5.75 Å². The molecule has 0 atom stereocenters. The number of hydrogen-bond acceptors (Lipinski definition) is 5. The van der Waals surface area contributed by atoms with Crippen LogP contribution in [0.2, 0.25) is 0 Å². The number of benzene rings is 1. The number of aryl methyl sites for hydroxylation is 3. The zero-order chi connectivity index (χ0) is 16.8. The Morgan fingerprint density at radius 2 is 2.09 bits per heavy atom. The van der Waals surface area contributed by atoms with E-state index in [1.807, 2.05) is 39.0 Å². The summed E-state index contributed by atoms with van der Waals surface area (Å²) in [5, 5.41) is 12.2. The Morgan fingerprint density at radius 1 is 1.30 bits per heavy atom. The van der Waals surface area contributed by atoms with Crippen molar-refractivity contribution in [1.82, 2.24) is 20.5 Å². The van der Waals surface area contributed by atoms with Crippen molar-refractivity contribution in [1.29, 1.82) is 0 Å². The summed E-state index contributed by atoms with van der Waals surface area (Å²) in [7, 11) is 0. The Labute approximate surface area is 138 Å². The summed E-state index contributed by atoms with van der Waals surface area (Å²) in [4.78, 5) is 27.8. The average molecular weight is 333 g/mol. The Morgan fingerprint density at radius 3 is 2.74 bits per heavy atom. The van der Waals surface area contributed by atoms with Crippen molar-refractivity contribution in [3.63, 3.8) is 0 Å². The fraction of sp³-hybridized carbons (Fsp3) is 0.333. The van der Waals surface area contributed by atoms with Crippen LogP contribution in [0.15, 0.2) is 23.4 Å². The van der Waals surface area contributed by atoms with E-state index in [0.717, 1.165) is 23.4 Å².